The maximum Gasteiger partial charge on any atom is 0.320 e. The minimum Gasteiger partial charge on any atom is -0.497 e. The number of carbonyl (C=O) groups is 1. The number of aliphatic hydroxyl groups excluding tert-OH is 1. The van der Waals surface area contributed by atoms with Crippen molar-refractivity contribution in [1.82, 2.24) is 5.32 Å². The van der Waals surface area contributed by atoms with Crippen LogP contribution in [-0.2, 0) is 4.79 Å². The quantitative estimate of drug-likeness (QED) is 0.651. The van der Waals surface area contributed by atoms with Gasteiger partial charge in [0.1, 0.15) is 11.8 Å². The zero-order valence-electron chi connectivity index (χ0n) is 12.9. The van der Waals surface area contributed by atoms with Crippen molar-refractivity contribution in [3.8, 4) is 5.75 Å². The SMILES string of the molecule is COc1ccc(C(O)CCNC(CC(C)C)C(=O)O)cc1. The van der Waals surface area contributed by atoms with E-state index in [-0.39, 0.29) is 0 Å². The number of rotatable bonds is 9. The number of carboxylic acids is 1. The number of hydrogen-bond acceptors (Lipinski definition) is 4. The van der Waals surface area contributed by atoms with Crippen molar-refractivity contribution in [2.24, 2.45) is 5.92 Å². The molecule has 21 heavy (non-hydrogen) atoms. The van der Waals surface area contributed by atoms with E-state index < -0.39 is 18.1 Å². The van der Waals surface area contributed by atoms with Gasteiger partial charge in [0, 0.05) is 0 Å². The van der Waals surface area contributed by atoms with Gasteiger partial charge < -0.3 is 20.3 Å². The van der Waals surface area contributed by atoms with Gasteiger partial charge in [-0.15, -0.1) is 0 Å². The molecule has 0 aliphatic heterocycles. The van der Waals surface area contributed by atoms with Gasteiger partial charge in [0.15, 0.2) is 0 Å². The van der Waals surface area contributed by atoms with Crippen LogP contribution in [0.25, 0.3) is 0 Å². The summed E-state index contributed by atoms with van der Waals surface area (Å²) in [5.74, 6) is 0.208. The summed E-state index contributed by atoms with van der Waals surface area (Å²) < 4.78 is 5.07. The maximum atomic E-state index is 11.1. The summed E-state index contributed by atoms with van der Waals surface area (Å²) in [6.07, 6.45) is 0.430. The number of carboxylic acid groups (broad SMARTS) is 1. The Morgan fingerprint density at radius 1 is 1.29 bits per heavy atom. The van der Waals surface area contributed by atoms with Gasteiger partial charge in [-0.1, -0.05) is 26.0 Å². The van der Waals surface area contributed by atoms with Gasteiger partial charge in [-0.25, -0.2) is 0 Å². The fraction of sp³-hybridized carbons (Fsp3) is 0.562. The van der Waals surface area contributed by atoms with Crippen LogP contribution in [0.5, 0.6) is 5.75 Å². The second kappa shape index (κ2) is 8.64. The molecular weight excluding hydrogens is 270 g/mol. The Hall–Kier alpha value is -1.59. The van der Waals surface area contributed by atoms with Crippen molar-refractivity contribution in [2.75, 3.05) is 13.7 Å². The van der Waals surface area contributed by atoms with Crippen LogP contribution in [0.3, 0.4) is 0 Å². The van der Waals surface area contributed by atoms with Gasteiger partial charge in [0.05, 0.1) is 13.2 Å². The first kappa shape index (κ1) is 17.5. The first-order chi connectivity index (χ1) is 9.93. The molecule has 3 N–H and O–H groups in total. The summed E-state index contributed by atoms with van der Waals surface area (Å²) in [4.78, 5) is 11.1. The number of aliphatic hydroxyl groups is 1. The van der Waals surface area contributed by atoms with Crippen LogP contribution in [0.2, 0.25) is 0 Å². The minimum absolute atomic E-state index is 0.310. The number of hydrogen-bond donors (Lipinski definition) is 3. The molecule has 0 spiro atoms. The number of benzene rings is 1. The van der Waals surface area contributed by atoms with Crippen molar-refractivity contribution in [3.05, 3.63) is 29.8 Å². The van der Waals surface area contributed by atoms with Crippen molar-refractivity contribution >= 4 is 5.97 Å². The number of methoxy groups -OCH3 is 1. The summed E-state index contributed by atoms with van der Waals surface area (Å²) in [5, 5.41) is 22.2. The lowest BCUT2D eigenvalue weighted by molar-refractivity contribution is -0.139. The topological polar surface area (TPSA) is 78.8 Å². The average Bonchev–Trinajstić information content (AvgIpc) is 2.45. The van der Waals surface area contributed by atoms with Gasteiger partial charge in [0.25, 0.3) is 0 Å². The van der Waals surface area contributed by atoms with Gasteiger partial charge >= 0.3 is 5.97 Å². The van der Waals surface area contributed by atoms with Crippen LogP contribution in [-0.4, -0.2) is 35.9 Å². The molecule has 1 aromatic carbocycles. The van der Waals surface area contributed by atoms with Crippen LogP contribution >= 0.6 is 0 Å². The Morgan fingerprint density at radius 3 is 2.38 bits per heavy atom. The van der Waals surface area contributed by atoms with E-state index in [1.807, 2.05) is 26.0 Å². The Balaban J connectivity index is 2.44. The van der Waals surface area contributed by atoms with E-state index in [1.165, 1.54) is 0 Å². The molecule has 0 saturated heterocycles. The Morgan fingerprint density at radius 2 is 1.90 bits per heavy atom. The standard InChI is InChI=1S/C16H25NO4/c1-11(2)10-14(16(19)20)17-9-8-15(18)12-4-6-13(21-3)7-5-12/h4-7,11,14-15,17-18H,8-10H2,1-3H3,(H,19,20). The monoisotopic (exact) mass is 295 g/mol. The molecular formula is C16H25NO4. The predicted octanol–water partition coefficient (Wildman–Crippen LogP) is 2.21. The van der Waals surface area contributed by atoms with Gasteiger partial charge in [0.2, 0.25) is 0 Å². The molecule has 5 heteroatoms. The van der Waals surface area contributed by atoms with Crippen LogP contribution in [0.15, 0.2) is 24.3 Å². The van der Waals surface area contributed by atoms with Crippen LogP contribution in [0.1, 0.15) is 38.4 Å². The lowest BCUT2D eigenvalue weighted by atomic mass is 10.0. The average molecular weight is 295 g/mol. The zero-order chi connectivity index (χ0) is 15.8. The highest BCUT2D eigenvalue weighted by Gasteiger charge is 2.18. The summed E-state index contributed by atoms with van der Waals surface area (Å²) >= 11 is 0. The Bertz CT molecular complexity index is 430. The van der Waals surface area contributed by atoms with E-state index in [0.717, 1.165) is 11.3 Å². The molecule has 0 bridgehead atoms. The summed E-state index contributed by atoms with van der Waals surface area (Å²) in [7, 11) is 1.59. The Kier molecular flexibility index (Phi) is 7.19. The lowest BCUT2D eigenvalue weighted by Crippen LogP contribution is -2.38. The smallest absolute Gasteiger partial charge is 0.320 e. The maximum absolute atomic E-state index is 11.1. The first-order valence-corrected chi connectivity index (χ1v) is 7.22. The molecule has 0 heterocycles. The van der Waals surface area contributed by atoms with Gasteiger partial charge in [-0.2, -0.15) is 0 Å². The molecule has 0 saturated carbocycles. The molecule has 0 aromatic heterocycles. The first-order valence-electron chi connectivity index (χ1n) is 7.22. The molecule has 118 valence electrons. The molecule has 2 unspecified atom stereocenters. The van der Waals surface area contributed by atoms with Crippen molar-refractivity contribution < 1.29 is 19.7 Å². The molecule has 0 radical (unpaired) electrons. The third-order valence-corrected chi connectivity index (χ3v) is 3.31. The molecule has 0 amide bonds. The molecule has 2 atom stereocenters. The molecule has 0 aliphatic carbocycles. The third kappa shape index (κ3) is 6.14. The highest BCUT2D eigenvalue weighted by Crippen LogP contribution is 2.19. The second-order valence-corrected chi connectivity index (χ2v) is 5.55. The van der Waals surface area contributed by atoms with E-state index in [9.17, 15) is 9.90 Å². The number of ether oxygens (including phenoxy) is 1. The lowest BCUT2D eigenvalue weighted by Gasteiger charge is -2.18. The van der Waals surface area contributed by atoms with Gasteiger partial charge in [-0.05, 0) is 43.0 Å². The van der Waals surface area contributed by atoms with Crippen LogP contribution < -0.4 is 10.1 Å². The Labute approximate surface area is 125 Å². The summed E-state index contributed by atoms with van der Waals surface area (Å²) in [6, 6.07) is 6.65. The third-order valence-electron chi connectivity index (χ3n) is 3.31. The van der Waals surface area contributed by atoms with E-state index in [0.29, 0.717) is 25.3 Å². The molecule has 1 aromatic rings. The van der Waals surface area contributed by atoms with Crippen LogP contribution in [0, 0.1) is 5.92 Å². The fourth-order valence-electron chi connectivity index (χ4n) is 2.13. The van der Waals surface area contributed by atoms with Gasteiger partial charge in [-0.3, -0.25) is 4.79 Å². The predicted molar refractivity (Wildman–Crippen MR) is 81.5 cm³/mol. The van der Waals surface area contributed by atoms with E-state index in [2.05, 4.69) is 5.32 Å². The van der Waals surface area contributed by atoms with Crippen molar-refractivity contribution in [1.29, 1.82) is 0 Å². The number of aliphatic carboxylic acids is 1. The summed E-state index contributed by atoms with van der Waals surface area (Å²) in [5.41, 5.74) is 0.799. The highest BCUT2D eigenvalue weighted by molar-refractivity contribution is 5.73. The summed E-state index contributed by atoms with van der Waals surface area (Å²) in [6.45, 7) is 4.44. The van der Waals surface area contributed by atoms with E-state index in [4.69, 9.17) is 9.84 Å². The highest BCUT2D eigenvalue weighted by atomic mass is 16.5. The second-order valence-electron chi connectivity index (χ2n) is 5.55. The number of nitrogens with one attached hydrogen (secondary N) is 1. The molecule has 1 rings (SSSR count). The van der Waals surface area contributed by atoms with E-state index in [1.54, 1.807) is 19.2 Å². The van der Waals surface area contributed by atoms with Crippen molar-refractivity contribution in [3.63, 3.8) is 0 Å². The fourth-order valence-corrected chi connectivity index (χ4v) is 2.13. The largest absolute Gasteiger partial charge is 0.497 e. The minimum atomic E-state index is -0.845. The van der Waals surface area contributed by atoms with Crippen molar-refractivity contribution in [2.45, 2.75) is 38.8 Å². The van der Waals surface area contributed by atoms with E-state index >= 15 is 0 Å². The zero-order valence-corrected chi connectivity index (χ0v) is 12.9. The van der Waals surface area contributed by atoms with Crippen LogP contribution in [0.4, 0.5) is 0 Å². The molecule has 0 fully saturated rings. The molecule has 0 aliphatic rings. The molecule has 5 nitrogen and oxygen atoms in total. The normalized spacial score (nSPS) is 14.0.